The standard InChI is InChI=1S/C18H34N4O2S/c1-15(17(23)21-11-9-20(2)10-12-21)19-18(24)22(13-14-25)8-7-16-5-3-4-6-16/h15-16,25H,3-14H2,1-2H3,(H,19,24)/t15-/m0/s1. The van der Waals surface area contributed by atoms with E-state index in [1.54, 1.807) is 6.92 Å². The molecule has 2 fully saturated rings. The molecule has 6 nitrogen and oxygen atoms in total. The van der Waals surface area contributed by atoms with E-state index in [1.807, 2.05) is 9.80 Å². The van der Waals surface area contributed by atoms with E-state index in [1.165, 1.54) is 25.7 Å². The third-order valence-corrected chi connectivity index (χ3v) is 5.66. The Kier molecular flexibility index (Phi) is 8.36. The summed E-state index contributed by atoms with van der Waals surface area (Å²) in [5.41, 5.74) is 0. The number of rotatable bonds is 7. The minimum absolute atomic E-state index is 0.0167. The lowest BCUT2D eigenvalue weighted by Gasteiger charge is -2.34. The first-order chi connectivity index (χ1) is 12.0. The summed E-state index contributed by atoms with van der Waals surface area (Å²) in [6, 6.07) is -0.619. The predicted octanol–water partition coefficient (Wildman–Crippen LogP) is 1.67. The van der Waals surface area contributed by atoms with Crippen molar-refractivity contribution in [1.82, 2.24) is 20.0 Å². The van der Waals surface area contributed by atoms with Gasteiger partial charge in [0, 0.05) is 45.0 Å². The maximum atomic E-state index is 12.6. The van der Waals surface area contributed by atoms with E-state index in [4.69, 9.17) is 0 Å². The number of carbonyl (C=O) groups is 2. The molecule has 0 aromatic rings. The summed E-state index contributed by atoms with van der Waals surface area (Å²) >= 11 is 4.28. The van der Waals surface area contributed by atoms with Crippen molar-refractivity contribution in [3.63, 3.8) is 0 Å². The minimum atomic E-state index is -0.482. The highest BCUT2D eigenvalue weighted by atomic mass is 32.1. The maximum Gasteiger partial charge on any atom is 0.318 e. The van der Waals surface area contributed by atoms with Crippen LogP contribution in [0.15, 0.2) is 0 Å². The number of amides is 3. The lowest BCUT2D eigenvalue weighted by Crippen LogP contribution is -2.55. The van der Waals surface area contributed by atoms with Gasteiger partial charge in [0.2, 0.25) is 5.91 Å². The smallest absolute Gasteiger partial charge is 0.318 e. The topological polar surface area (TPSA) is 55.9 Å². The molecule has 1 aliphatic carbocycles. The summed E-state index contributed by atoms with van der Waals surface area (Å²) in [5.74, 6) is 1.40. The van der Waals surface area contributed by atoms with Gasteiger partial charge in [-0.2, -0.15) is 12.6 Å². The second-order valence-corrected chi connectivity index (χ2v) is 7.90. The fourth-order valence-electron chi connectivity index (χ4n) is 3.71. The summed E-state index contributed by atoms with van der Waals surface area (Å²) < 4.78 is 0. The molecule has 1 saturated heterocycles. The van der Waals surface area contributed by atoms with Crippen molar-refractivity contribution >= 4 is 24.6 Å². The molecule has 1 N–H and O–H groups in total. The van der Waals surface area contributed by atoms with Gasteiger partial charge >= 0.3 is 6.03 Å². The average Bonchev–Trinajstić information content (AvgIpc) is 3.12. The van der Waals surface area contributed by atoms with Crippen LogP contribution < -0.4 is 5.32 Å². The van der Waals surface area contributed by atoms with Crippen molar-refractivity contribution in [3.05, 3.63) is 0 Å². The molecule has 0 spiro atoms. The molecule has 0 unspecified atom stereocenters. The van der Waals surface area contributed by atoms with Crippen LogP contribution in [0.25, 0.3) is 0 Å². The van der Waals surface area contributed by atoms with Crippen molar-refractivity contribution in [2.45, 2.75) is 45.1 Å². The molecule has 1 saturated carbocycles. The first-order valence-corrected chi connectivity index (χ1v) is 10.3. The largest absolute Gasteiger partial charge is 0.338 e. The molecule has 0 aromatic carbocycles. The molecule has 2 rings (SSSR count). The lowest BCUT2D eigenvalue weighted by atomic mass is 10.0. The Balaban J connectivity index is 1.80. The molecule has 144 valence electrons. The normalized spacial score (nSPS) is 20.5. The molecule has 0 radical (unpaired) electrons. The van der Waals surface area contributed by atoms with Crippen molar-refractivity contribution in [1.29, 1.82) is 0 Å². The molecule has 3 amide bonds. The number of urea groups is 1. The Morgan fingerprint density at radius 2 is 1.80 bits per heavy atom. The van der Waals surface area contributed by atoms with E-state index in [-0.39, 0.29) is 11.9 Å². The number of hydrogen-bond acceptors (Lipinski definition) is 4. The first kappa shape index (κ1) is 20.4. The Hall–Kier alpha value is -0.950. The number of piperazine rings is 1. The second-order valence-electron chi connectivity index (χ2n) is 7.45. The van der Waals surface area contributed by atoms with Gasteiger partial charge in [0.15, 0.2) is 0 Å². The molecule has 25 heavy (non-hydrogen) atoms. The molecule has 2 aliphatic rings. The molecular formula is C18H34N4O2S. The first-order valence-electron chi connectivity index (χ1n) is 9.65. The van der Waals surface area contributed by atoms with E-state index < -0.39 is 6.04 Å². The number of carbonyl (C=O) groups excluding carboxylic acids is 2. The van der Waals surface area contributed by atoms with Crippen LogP contribution in [0.2, 0.25) is 0 Å². The number of nitrogens with one attached hydrogen (secondary N) is 1. The van der Waals surface area contributed by atoms with E-state index in [9.17, 15) is 9.59 Å². The Morgan fingerprint density at radius 3 is 2.40 bits per heavy atom. The monoisotopic (exact) mass is 370 g/mol. The van der Waals surface area contributed by atoms with Crippen LogP contribution >= 0.6 is 12.6 Å². The second kappa shape index (κ2) is 10.3. The highest BCUT2D eigenvalue weighted by molar-refractivity contribution is 7.80. The molecule has 0 bridgehead atoms. The minimum Gasteiger partial charge on any atom is -0.338 e. The van der Waals surface area contributed by atoms with Crippen molar-refractivity contribution in [2.24, 2.45) is 5.92 Å². The van der Waals surface area contributed by atoms with Crippen LogP contribution in [0.1, 0.15) is 39.0 Å². The van der Waals surface area contributed by atoms with Crippen molar-refractivity contribution < 1.29 is 9.59 Å². The quantitative estimate of drug-likeness (QED) is 0.671. The zero-order valence-corrected chi connectivity index (χ0v) is 16.6. The van der Waals surface area contributed by atoms with Gasteiger partial charge in [-0.1, -0.05) is 25.7 Å². The molecule has 1 aliphatic heterocycles. The highest BCUT2D eigenvalue weighted by Gasteiger charge is 2.26. The zero-order chi connectivity index (χ0) is 18.2. The summed E-state index contributed by atoms with van der Waals surface area (Å²) in [7, 11) is 2.06. The van der Waals surface area contributed by atoms with E-state index in [0.717, 1.165) is 45.1 Å². The van der Waals surface area contributed by atoms with Crippen LogP contribution in [0.3, 0.4) is 0 Å². The fourth-order valence-corrected chi connectivity index (χ4v) is 3.95. The Morgan fingerprint density at radius 1 is 1.16 bits per heavy atom. The van der Waals surface area contributed by atoms with Crippen LogP contribution in [0.5, 0.6) is 0 Å². The van der Waals surface area contributed by atoms with Gasteiger partial charge in [-0.15, -0.1) is 0 Å². The van der Waals surface area contributed by atoms with E-state index in [2.05, 4.69) is 29.9 Å². The van der Waals surface area contributed by atoms with Gasteiger partial charge < -0.3 is 20.0 Å². The fraction of sp³-hybridized carbons (Fsp3) is 0.889. The lowest BCUT2D eigenvalue weighted by molar-refractivity contribution is -0.134. The van der Waals surface area contributed by atoms with Gasteiger partial charge in [0.1, 0.15) is 6.04 Å². The Bertz CT molecular complexity index is 435. The van der Waals surface area contributed by atoms with Crippen LogP contribution in [-0.4, -0.2) is 84.7 Å². The van der Waals surface area contributed by atoms with Gasteiger partial charge in [-0.3, -0.25) is 4.79 Å². The maximum absolute atomic E-state index is 12.6. The van der Waals surface area contributed by atoms with E-state index in [0.29, 0.717) is 12.3 Å². The summed E-state index contributed by atoms with van der Waals surface area (Å²) in [4.78, 5) is 31.0. The van der Waals surface area contributed by atoms with Crippen molar-refractivity contribution in [2.75, 3.05) is 52.1 Å². The predicted molar refractivity (Wildman–Crippen MR) is 104 cm³/mol. The van der Waals surface area contributed by atoms with Crippen molar-refractivity contribution in [3.8, 4) is 0 Å². The summed E-state index contributed by atoms with van der Waals surface area (Å²) in [6.45, 7) is 6.41. The van der Waals surface area contributed by atoms with Gasteiger partial charge in [0.05, 0.1) is 0 Å². The van der Waals surface area contributed by atoms with E-state index >= 15 is 0 Å². The van der Waals surface area contributed by atoms with Gasteiger partial charge in [-0.25, -0.2) is 4.79 Å². The number of hydrogen-bond donors (Lipinski definition) is 2. The highest BCUT2D eigenvalue weighted by Crippen LogP contribution is 2.27. The third-order valence-electron chi connectivity index (χ3n) is 5.46. The molecular weight excluding hydrogens is 336 g/mol. The van der Waals surface area contributed by atoms with Gasteiger partial charge in [-0.05, 0) is 26.3 Å². The molecule has 1 heterocycles. The molecule has 1 atom stereocenters. The summed E-state index contributed by atoms with van der Waals surface area (Å²) in [5, 5.41) is 2.90. The average molecular weight is 371 g/mol. The number of likely N-dealkylation sites (N-methyl/N-ethyl adjacent to an activating group) is 1. The molecule has 7 heteroatoms. The molecule has 0 aromatic heterocycles. The summed E-state index contributed by atoms with van der Waals surface area (Å²) in [6.07, 6.45) is 6.27. The van der Waals surface area contributed by atoms with Crippen LogP contribution in [0.4, 0.5) is 4.79 Å². The van der Waals surface area contributed by atoms with Crippen LogP contribution in [-0.2, 0) is 4.79 Å². The van der Waals surface area contributed by atoms with Crippen LogP contribution in [0, 0.1) is 5.92 Å². The zero-order valence-electron chi connectivity index (χ0n) is 15.7. The number of nitrogens with zero attached hydrogens (tertiary/aromatic N) is 3. The van der Waals surface area contributed by atoms with Gasteiger partial charge in [0.25, 0.3) is 0 Å². The SMILES string of the molecule is C[C@H](NC(=O)N(CCS)CCC1CCCC1)C(=O)N1CCN(C)CC1. The number of thiol groups is 1. The third kappa shape index (κ3) is 6.37. The Labute approximate surface area is 157 Å².